The van der Waals surface area contributed by atoms with Crippen molar-refractivity contribution in [1.29, 1.82) is 0 Å². The molecule has 0 bridgehead atoms. The van der Waals surface area contributed by atoms with Gasteiger partial charge in [0.25, 0.3) is 5.91 Å². The number of carbonyl (C=O) groups excluding carboxylic acids is 1. The Morgan fingerprint density at radius 2 is 2.18 bits per heavy atom. The number of nitrogens with one attached hydrogen (secondary N) is 1. The van der Waals surface area contributed by atoms with E-state index in [0.29, 0.717) is 23.8 Å². The second-order valence-corrected chi connectivity index (χ2v) is 6.11. The summed E-state index contributed by atoms with van der Waals surface area (Å²) in [4.78, 5) is 16.7. The van der Waals surface area contributed by atoms with Gasteiger partial charge in [0.05, 0.1) is 5.56 Å². The van der Waals surface area contributed by atoms with Gasteiger partial charge in [-0.25, -0.2) is 0 Å². The molecule has 0 unspecified atom stereocenters. The molecule has 1 N–H and O–H groups in total. The highest BCUT2D eigenvalue weighted by molar-refractivity contribution is 5.97. The summed E-state index contributed by atoms with van der Waals surface area (Å²) in [5.74, 6) is 1.32. The van der Waals surface area contributed by atoms with E-state index in [1.165, 1.54) is 0 Å². The van der Waals surface area contributed by atoms with E-state index < -0.39 is 0 Å². The van der Waals surface area contributed by atoms with E-state index in [1.807, 2.05) is 50.3 Å². The van der Waals surface area contributed by atoms with Crippen LogP contribution in [-0.2, 0) is 0 Å². The highest BCUT2D eigenvalue weighted by Crippen LogP contribution is 2.23. The normalized spacial score (nSPS) is 18.0. The highest BCUT2D eigenvalue weighted by Gasteiger charge is 2.27. The minimum atomic E-state index is 0.0825. The molecule has 22 heavy (non-hydrogen) atoms. The van der Waals surface area contributed by atoms with Crippen molar-refractivity contribution in [3.63, 3.8) is 0 Å². The molecule has 1 aromatic rings. The van der Waals surface area contributed by atoms with Gasteiger partial charge >= 0.3 is 0 Å². The van der Waals surface area contributed by atoms with Crippen molar-refractivity contribution in [2.45, 2.75) is 6.42 Å². The van der Waals surface area contributed by atoms with Gasteiger partial charge in [0.1, 0.15) is 12.4 Å². The number of para-hydroxylation sites is 1. The zero-order chi connectivity index (χ0) is 15.9. The quantitative estimate of drug-likeness (QED) is 0.825. The second-order valence-electron chi connectivity index (χ2n) is 6.11. The van der Waals surface area contributed by atoms with Gasteiger partial charge in [-0.1, -0.05) is 12.1 Å². The third-order valence-electron chi connectivity index (χ3n) is 3.98. The molecule has 1 saturated heterocycles. The van der Waals surface area contributed by atoms with Gasteiger partial charge < -0.3 is 19.9 Å². The Hall–Kier alpha value is -1.59. The zero-order valence-electron chi connectivity index (χ0n) is 13.8. The molecule has 1 heterocycles. The van der Waals surface area contributed by atoms with Crippen molar-refractivity contribution in [2.24, 2.45) is 5.92 Å². The molecule has 5 nitrogen and oxygen atoms in total. The fraction of sp³-hybridized carbons (Fsp3) is 0.588. The van der Waals surface area contributed by atoms with Crippen LogP contribution in [0.5, 0.6) is 5.75 Å². The van der Waals surface area contributed by atoms with Crippen LogP contribution in [0.2, 0.25) is 0 Å². The summed E-state index contributed by atoms with van der Waals surface area (Å²) >= 11 is 0. The summed E-state index contributed by atoms with van der Waals surface area (Å²) in [5.41, 5.74) is 0.673. The second kappa shape index (κ2) is 8.15. The molecule has 0 aromatic heterocycles. The number of rotatable bonds is 7. The molecular formula is C17H27N3O2. The van der Waals surface area contributed by atoms with Crippen LogP contribution in [0.1, 0.15) is 16.8 Å². The third kappa shape index (κ3) is 4.45. The lowest BCUT2D eigenvalue weighted by Crippen LogP contribution is -2.30. The van der Waals surface area contributed by atoms with Crippen LogP contribution >= 0.6 is 0 Å². The van der Waals surface area contributed by atoms with Crippen molar-refractivity contribution >= 4 is 5.91 Å². The first-order chi connectivity index (χ1) is 10.6. The molecule has 0 aliphatic carbocycles. The van der Waals surface area contributed by atoms with Crippen molar-refractivity contribution < 1.29 is 9.53 Å². The van der Waals surface area contributed by atoms with Crippen molar-refractivity contribution in [1.82, 2.24) is 15.1 Å². The molecule has 1 atom stereocenters. The fourth-order valence-electron chi connectivity index (χ4n) is 2.75. The first-order valence-corrected chi connectivity index (χ1v) is 7.92. The molecule has 5 heteroatoms. The Morgan fingerprint density at radius 3 is 2.91 bits per heavy atom. The van der Waals surface area contributed by atoms with Crippen LogP contribution in [0.25, 0.3) is 0 Å². The average molecular weight is 305 g/mol. The van der Waals surface area contributed by atoms with E-state index in [-0.39, 0.29) is 5.91 Å². The number of ether oxygens (including phenoxy) is 1. The number of amides is 1. The lowest BCUT2D eigenvalue weighted by Gasteiger charge is -2.19. The minimum Gasteiger partial charge on any atom is -0.491 e. The van der Waals surface area contributed by atoms with E-state index in [1.54, 1.807) is 0 Å². The first kappa shape index (κ1) is 16.8. The number of likely N-dealkylation sites (tertiary alicyclic amines) is 1. The van der Waals surface area contributed by atoms with Crippen LogP contribution in [0.4, 0.5) is 0 Å². The lowest BCUT2D eigenvalue weighted by molar-refractivity contribution is 0.0782. The molecule has 1 aliphatic heterocycles. The monoisotopic (exact) mass is 305 g/mol. The topological polar surface area (TPSA) is 44.8 Å². The molecule has 1 aliphatic rings. The Morgan fingerprint density at radius 1 is 1.41 bits per heavy atom. The van der Waals surface area contributed by atoms with Crippen molar-refractivity contribution in [3.05, 3.63) is 29.8 Å². The average Bonchev–Trinajstić information content (AvgIpc) is 2.96. The number of carbonyl (C=O) groups is 1. The zero-order valence-corrected chi connectivity index (χ0v) is 13.8. The Bertz CT molecular complexity index is 491. The Kier molecular flexibility index (Phi) is 6.21. The number of benzene rings is 1. The lowest BCUT2D eigenvalue weighted by atomic mass is 10.1. The fourth-order valence-corrected chi connectivity index (χ4v) is 2.75. The summed E-state index contributed by atoms with van der Waals surface area (Å²) in [6.45, 7) is 4.03. The largest absolute Gasteiger partial charge is 0.491 e. The van der Waals surface area contributed by atoms with Crippen molar-refractivity contribution in [2.75, 3.05) is 53.9 Å². The minimum absolute atomic E-state index is 0.0825. The maximum absolute atomic E-state index is 12.7. The highest BCUT2D eigenvalue weighted by atomic mass is 16.5. The van der Waals surface area contributed by atoms with E-state index >= 15 is 0 Å². The van der Waals surface area contributed by atoms with Crippen LogP contribution in [-0.4, -0.2) is 69.6 Å². The Labute approximate surface area is 133 Å². The van der Waals surface area contributed by atoms with Gasteiger partial charge in [-0.05, 0) is 52.2 Å². The van der Waals surface area contributed by atoms with Gasteiger partial charge in [-0.2, -0.15) is 0 Å². The van der Waals surface area contributed by atoms with Crippen LogP contribution in [0.3, 0.4) is 0 Å². The maximum Gasteiger partial charge on any atom is 0.257 e. The van der Waals surface area contributed by atoms with E-state index in [4.69, 9.17) is 4.74 Å². The Balaban J connectivity index is 2.00. The number of nitrogens with zero attached hydrogens (tertiary/aromatic N) is 2. The van der Waals surface area contributed by atoms with Gasteiger partial charge in [-0.3, -0.25) is 4.79 Å². The van der Waals surface area contributed by atoms with Crippen LogP contribution < -0.4 is 10.1 Å². The number of likely N-dealkylation sites (N-methyl/N-ethyl adjacent to an activating group) is 1. The van der Waals surface area contributed by atoms with Crippen molar-refractivity contribution in [3.8, 4) is 5.75 Å². The SMILES string of the molecule is CNC[C@@H]1CCN(C(=O)c2ccccc2OCCN(C)C)C1. The predicted octanol–water partition coefficient (Wildman–Crippen LogP) is 1.31. The smallest absolute Gasteiger partial charge is 0.257 e. The number of hydrogen-bond donors (Lipinski definition) is 1. The van der Waals surface area contributed by atoms with Gasteiger partial charge in [0.2, 0.25) is 0 Å². The molecule has 1 fully saturated rings. The molecule has 1 amide bonds. The van der Waals surface area contributed by atoms with Gasteiger partial charge in [-0.15, -0.1) is 0 Å². The van der Waals surface area contributed by atoms with E-state index in [2.05, 4.69) is 10.2 Å². The first-order valence-electron chi connectivity index (χ1n) is 7.92. The molecule has 1 aromatic carbocycles. The van der Waals surface area contributed by atoms with Gasteiger partial charge in [0, 0.05) is 19.6 Å². The summed E-state index contributed by atoms with van der Waals surface area (Å²) in [5, 5.41) is 3.19. The molecule has 0 radical (unpaired) electrons. The molecule has 2 rings (SSSR count). The summed E-state index contributed by atoms with van der Waals surface area (Å²) in [6, 6.07) is 7.55. The molecular weight excluding hydrogens is 278 g/mol. The summed E-state index contributed by atoms with van der Waals surface area (Å²) in [6.07, 6.45) is 1.07. The summed E-state index contributed by atoms with van der Waals surface area (Å²) < 4.78 is 5.80. The maximum atomic E-state index is 12.7. The predicted molar refractivity (Wildman–Crippen MR) is 88.4 cm³/mol. The van der Waals surface area contributed by atoms with Crippen LogP contribution in [0.15, 0.2) is 24.3 Å². The molecule has 122 valence electrons. The van der Waals surface area contributed by atoms with Gasteiger partial charge in [0.15, 0.2) is 0 Å². The van der Waals surface area contributed by atoms with E-state index in [0.717, 1.165) is 32.6 Å². The van der Waals surface area contributed by atoms with Crippen LogP contribution in [0, 0.1) is 5.92 Å². The summed E-state index contributed by atoms with van der Waals surface area (Å²) in [7, 11) is 5.97. The van der Waals surface area contributed by atoms with E-state index in [9.17, 15) is 4.79 Å². The third-order valence-corrected chi connectivity index (χ3v) is 3.98. The number of hydrogen-bond acceptors (Lipinski definition) is 4. The molecule has 0 spiro atoms. The molecule has 0 saturated carbocycles. The standard InChI is InChI=1S/C17H27N3O2/c1-18-12-14-8-9-20(13-14)17(21)15-6-4-5-7-16(15)22-11-10-19(2)3/h4-7,14,18H,8-13H2,1-3H3/t14-/m0/s1.